The molecule has 60 valence electrons. The van der Waals surface area contributed by atoms with Gasteiger partial charge in [-0.1, -0.05) is 6.92 Å². The molecule has 0 amide bonds. The van der Waals surface area contributed by atoms with Crippen molar-refractivity contribution in [2.45, 2.75) is 25.4 Å². The smallest absolute Gasteiger partial charge is 0.105 e. The van der Waals surface area contributed by atoms with Gasteiger partial charge in [0.15, 0.2) is 0 Å². The van der Waals surface area contributed by atoms with E-state index in [0.717, 1.165) is 19.5 Å². The highest BCUT2D eigenvalue weighted by Crippen LogP contribution is 2.15. The molecule has 0 bridgehead atoms. The molecule has 0 saturated carbocycles. The van der Waals surface area contributed by atoms with E-state index in [1.807, 2.05) is 6.92 Å². The van der Waals surface area contributed by atoms with Crippen molar-refractivity contribution in [2.75, 3.05) is 19.8 Å². The Hall–Kier alpha value is -0.150. The molecule has 0 aromatic rings. The molecule has 0 aromatic carbocycles. The van der Waals surface area contributed by atoms with Gasteiger partial charge in [0.05, 0.1) is 0 Å². The van der Waals surface area contributed by atoms with E-state index < -0.39 is 0 Å². The van der Waals surface area contributed by atoms with Crippen LogP contribution in [0, 0.1) is 0 Å². The predicted molar refractivity (Wildman–Crippen MR) is 39.6 cm³/mol. The zero-order chi connectivity index (χ0) is 7.56. The Kier molecular flexibility index (Phi) is 2.63. The number of likely N-dealkylation sites (N-methyl/N-ethyl adjacent to an activating group) is 1. The van der Waals surface area contributed by atoms with E-state index in [1.54, 1.807) is 0 Å². The van der Waals surface area contributed by atoms with Gasteiger partial charge in [-0.05, 0) is 13.0 Å². The van der Waals surface area contributed by atoms with E-state index in [2.05, 4.69) is 4.90 Å². The second-order valence-electron chi connectivity index (χ2n) is 2.89. The predicted octanol–water partition coefficient (Wildman–Crippen LogP) is 0.377. The molecule has 2 nitrogen and oxygen atoms in total. The van der Waals surface area contributed by atoms with Gasteiger partial charge in [-0.3, -0.25) is 4.90 Å². The fraction of sp³-hybridized carbons (Fsp3) is 1.00. The zero-order valence-corrected chi connectivity index (χ0v) is 6.39. The Labute approximate surface area is 61.2 Å². The first-order chi connectivity index (χ1) is 4.77. The van der Waals surface area contributed by atoms with Crippen LogP contribution in [0.4, 0.5) is 4.39 Å². The molecule has 1 rings (SSSR count). The zero-order valence-electron chi connectivity index (χ0n) is 6.39. The first kappa shape index (κ1) is 7.95. The van der Waals surface area contributed by atoms with Crippen molar-refractivity contribution in [1.82, 2.24) is 4.90 Å². The van der Waals surface area contributed by atoms with Crippen LogP contribution in [-0.2, 0) is 0 Å². The van der Waals surface area contributed by atoms with Crippen LogP contribution in [0.1, 0.15) is 13.3 Å². The fourth-order valence-electron chi connectivity index (χ4n) is 1.57. The van der Waals surface area contributed by atoms with Crippen molar-refractivity contribution in [3.05, 3.63) is 0 Å². The highest BCUT2D eigenvalue weighted by molar-refractivity contribution is 4.86. The third kappa shape index (κ3) is 1.47. The van der Waals surface area contributed by atoms with E-state index in [-0.39, 0.29) is 18.8 Å². The van der Waals surface area contributed by atoms with E-state index in [4.69, 9.17) is 5.73 Å². The summed E-state index contributed by atoms with van der Waals surface area (Å²) in [6.45, 7) is 3.58. The largest absolute Gasteiger partial charge is 0.326 e. The van der Waals surface area contributed by atoms with Crippen LogP contribution in [0.15, 0.2) is 0 Å². The molecule has 1 fully saturated rings. The average molecular weight is 146 g/mol. The molecule has 3 heteroatoms. The van der Waals surface area contributed by atoms with Gasteiger partial charge in [0, 0.05) is 18.6 Å². The number of hydrogen-bond acceptors (Lipinski definition) is 2. The lowest BCUT2D eigenvalue weighted by Crippen LogP contribution is -2.31. The van der Waals surface area contributed by atoms with Crippen molar-refractivity contribution in [3.8, 4) is 0 Å². The maximum Gasteiger partial charge on any atom is 0.105 e. The van der Waals surface area contributed by atoms with Gasteiger partial charge in [0.25, 0.3) is 0 Å². The second kappa shape index (κ2) is 3.30. The normalized spacial score (nSPS) is 35.1. The Morgan fingerprint density at radius 3 is 2.80 bits per heavy atom. The lowest BCUT2D eigenvalue weighted by atomic mass is 10.2. The number of likely N-dealkylation sites (tertiary alicyclic amines) is 1. The van der Waals surface area contributed by atoms with Crippen molar-refractivity contribution in [2.24, 2.45) is 5.73 Å². The second-order valence-corrected chi connectivity index (χ2v) is 2.89. The summed E-state index contributed by atoms with van der Waals surface area (Å²) in [6, 6.07) is 0.292. The van der Waals surface area contributed by atoms with Crippen molar-refractivity contribution in [3.63, 3.8) is 0 Å². The Morgan fingerprint density at radius 2 is 2.40 bits per heavy atom. The Bertz CT molecular complexity index is 95.8. The van der Waals surface area contributed by atoms with Crippen LogP contribution < -0.4 is 5.73 Å². The summed E-state index contributed by atoms with van der Waals surface area (Å²) in [6.07, 6.45) is 0.824. The van der Waals surface area contributed by atoms with Crippen molar-refractivity contribution >= 4 is 0 Å². The topological polar surface area (TPSA) is 29.3 Å². The molecule has 1 saturated heterocycles. The quantitative estimate of drug-likeness (QED) is 0.610. The summed E-state index contributed by atoms with van der Waals surface area (Å²) in [5, 5.41) is 0. The van der Waals surface area contributed by atoms with Crippen molar-refractivity contribution in [1.29, 1.82) is 0 Å². The molecule has 2 atom stereocenters. The van der Waals surface area contributed by atoms with Gasteiger partial charge in [-0.2, -0.15) is 0 Å². The van der Waals surface area contributed by atoms with Crippen LogP contribution in [-0.4, -0.2) is 36.7 Å². The van der Waals surface area contributed by atoms with Crippen LogP contribution in [0.3, 0.4) is 0 Å². The molecule has 0 aliphatic carbocycles. The number of nitrogens with two attached hydrogens (primary N) is 1. The first-order valence-corrected chi connectivity index (χ1v) is 3.83. The summed E-state index contributed by atoms with van der Waals surface area (Å²) in [7, 11) is 0. The maximum atomic E-state index is 12.2. The molecule has 2 unspecified atom stereocenters. The van der Waals surface area contributed by atoms with Gasteiger partial charge in [0.2, 0.25) is 0 Å². The monoisotopic (exact) mass is 146 g/mol. The van der Waals surface area contributed by atoms with E-state index in [9.17, 15) is 4.39 Å². The lowest BCUT2D eigenvalue weighted by Gasteiger charge is -2.18. The van der Waals surface area contributed by atoms with Crippen LogP contribution in [0.25, 0.3) is 0 Å². The summed E-state index contributed by atoms with van der Waals surface area (Å²) < 4.78 is 12.2. The van der Waals surface area contributed by atoms with Crippen LogP contribution in [0.2, 0.25) is 0 Å². The van der Waals surface area contributed by atoms with Crippen LogP contribution in [0.5, 0.6) is 0 Å². The maximum absolute atomic E-state index is 12.2. The Balaban J connectivity index is 2.41. The number of hydrogen-bond donors (Lipinski definition) is 1. The highest BCUT2D eigenvalue weighted by atomic mass is 19.1. The number of halogens is 1. The fourth-order valence-corrected chi connectivity index (χ4v) is 1.57. The molecular formula is C7H15FN2. The molecule has 1 heterocycles. The number of nitrogens with zero attached hydrogens (tertiary/aromatic N) is 1. The molecule has 1 aliphatic rings. The molecule has 0 radical (unpaired) electrons. The van der Waals surface area contributed by atoms with E-state index in [1.165, 1.54) is 0 Å². The standard InChI is InChI=1S/C7H15FN2/c1-2-10-5-6(9)3-7(10)4-8/h6-7H,2-5,9H2,1H3. The minimum Gasteiger partial charge on any atom is -0.326 e. The Morgan fingerprint density at radius 1 is 1.70 bits per heavy atom. The summed E-state index contributed by atoms with van der Waals surface area (Å²) in [4.78, 5) is 2.10. The molecular weight excluding hydrogens is 131 g/mol. The van der Waals surface area contributed by atoms with Crippen molar-refractivity contribution < 1.29 is 4.39 Å². The molecule has 1 aliphatic heterocycles. The third-order valence-electron chi connectivity index (χ3n) is 2.14. The average Bonchev–Trinajstić information content (AvgIpc) is 2.30. The summed E-state index contributed by atoms with van der Waals surface area (Å²) in [5.41, 5.74) is 5.66. The molecule has 10 heavy (non-hydrogen) atoms. The SMILES string of the molecule is CCN1CC(N)CC1CF. The van der Waals surface area contributed by atoms with E-state index in [0.29, 0.717) is 0 Å². The lowest BCUT2D eigenvalue weighted by molar-refractivity contribution is 0.224. The number of alkyl halides is 1. The molecule has 0 aromatic heterocycles. The highest BCUT2D eigenvalue weighted by Gasteiger charge is 2.28. The van der Waals surface area contributed by atoms with Crippen LogP contribution >= 0.6 is 0 Å². The minimum atomic E-state index is -0.248. The number of rotatable bonds is 2. The first-order valence-electron chi connectivity index (χ1n) is 3.83. The van der Waals surface area contributed by atoms with Gasteiger partial charge in [-0.25, -0.2) is 4.39 Å². The summed E-state index contributed by atoms with van der Waals surface area (Å²) >= 11 is 0. The summed E-state index contributed by atoms with van der Waals surface area (Å²) in [5.74, 6) is 0. The van der Waals surface area contributed by atoms with Gasteiger partial charge in [0.1, 0.15) is 6.67 Å². The third-order valence-corrected chi connectivity index (χ3v) is 2.14. The van der Waals surface area contributed by atoms with Gasteiger partial charge >= 0.3 is 0 Å². The van der Waals surface area contributed by atoms with E-state index >= 15 is 0 Å². The minimum absolute atomic E-state index is 0.0972. The molecule has 0 spiro atoms. The van der Waals surface area contributed by atoms with Gasteiger partial charge in [-0.15, -0.1) is 0 Å². The van der Waals surface area contributed by atoms with Gasteiger partial charge < -0.3 is 5.73 Å². The molecule has 2 N–H and O–H groups in total.